The summed E-state index contributed by atoms with van der Waals surface area (Å²) in [5.74, 6) is 0.289. The molecule has 0 saturated carbocycles. The number of nitrogens with two attached hydrogens (primary N) is 1. The highest BCUT2D eigenvalue weighted by atomic mass is 19.1. The third-order valence-electron chi connectivity index (χ3n) is 2.78. The molecule has 0 amide bonds. The van der Waals surface area contributed by atoms with Crippen LogP contribution < -0.4 is 11.1 Å². The molecule has 0 saturated heterocycles. The maximum absolute atomic E-state index is 13.1. The van der Waals surface area contributed by atoms with E-state index < -0.39 is 0 Å². The van der Waals surface area contributed by atoms with Crippen LogP contribution in [0.1, 0.15) is 13.3 Å². The van der Waals surface area contributed by atoms with Crippen molar-refractivity contribution in [3.8, 4) is 11.1 Å². The maximum atomic E-state index is 13.1. The monoisotopic (exact) mass is 260 g/mol. The van der Waals surface area contributed by atoms with Crippen LogP contribution in [0.2, 0.25) is 0 Å². The SMILES string of the molecule is CC(CCN)Nc1ncc(-c2cccc(F)c2)cn1. The van der Waals surface area contributed by atoms with E-state index in [-0.39, 0.29) is 11.9 Å². The molecular weight excluding hydrogens is 243 g/mol. The molecule has 1 aromatic carbocycles. The minimum Gasteiger partial charge on any atom is -0.352 e. The molecule has 1 atom stereocenters. The van der Waals surface area contributed by atoms with Crippen LogP contribution in [-0.2, 0) is 0 Å². The minimum absolute atomic E-state index is 0.227. The van der Waals surface area contributed by atoms with Crippen molar-refractivity contribution in [1.82, 2.24) is 9.97 Å². The van der Waals surface area contributed by atoms with Gasteiger partial charge in [-0.05, 0) is 37.6 Å². The van der Waals surface area contributed by atoms with Gasteiger partial charge >= 0.3 is 0 Å². The lowest BCUT2D eigenvalue weighted by molar-refractivity contribution is 0.628. The normalized spacial score (nSPS) is 12.2. The smallest absolute Gasteiger partial charge is 0.222 e. The molecule has 1 unspecified atom stereocenters. The van der Waals surface area contributed by atoms with E-state index >= 15 is 0 Å². The van der Waals surface area contributed by atoms with Crippen molar-refractivity contribution >= 4 is 5.95 Å². The summed E-state index contributed by atoms with van der Waals surface area (Å²) in [5, 5.41) is 3.16. The highest BCUT2D eigenvalue weighted by molar-refractivity contribution is 5.61. The molecular formula is C14H17FN4. The fraction of sp³-hybridized carbons (Fsp3) is 0.286. The summed E-state index contributed by atoms with van der Waals surface area (Å²) < 4.78 is 13.1. The molecule has 5 heteroatoms. The molecule has 19 heavy (non-hydrogen) atoms. The van der Waals surface area contributed by atoms with Crippen LogP contribution >= 0.6 is 0 Å². The molecule has 1 heterocycles. The molecule has 4 nitrogen and oxygen atoms in total. The molecule has 0 fully saturated rings. The molecule has 0 radical (unpaired) electrons. The predicted octanol–water partition coefficient (Wildman–Crippen LogP) is 2.43. The van der Waals surface area contributed by atoms with Crippen molar-refractivity contribution in [2.45, 2.75) is 19.4 Å². The number of benzene rings is 1. The Hall–Kier alpha value is -2.01. The summed E-state index contributed by atoms with van der Waals surface area (Å²) in [4.78, 5) is 8.44. The maximum Gasteiger partial charge on any atom is 0.222 e. The predicted molar refractivity (Wildman–Crippen MR) is 74.2 cm³/mol. The van der Waals surface area contributed by atoms with E-state index in [1.54, 1.807) is 18.5 Å². The largest absolute Gasteiger partial charge is 0.352 e. The van der Waals surface area contributed by atoms with Gasteiger partial charge in [0.2, 0.25) is 5.95 Å². The van der Waals surface area contributed by atoms with Crippen molar-refractivity contribution in [2.24, 2.45) is 5.73 Å². The number of nitrogens with one attached hydrogen (secondary N) is 1. The number of nitrogens with zero attached hydrogens (tertiary/aromatic N) is 2. The quantitative estimate of drug-likeness (QED) is 0.866. The Labute approximate surface area is 111 Å². The highest BCUT2D eigenvalue weighted by Gasteiger charge is 2.04. The van der Waals surface area contributed by atoms with Crippen LogP contribution in [0.3, 0.4) is 0 Å². The van der Waals surface area contributed by atoms with Crippen LogP contribution in [0.15, 0.2) is 36.7 Å². The van der Waals surface area contributed by atoms with Crippen LogP contribution in [0.25, 0.3) is 11.1 Å². The van der Waals surface area contributed by atoms with Gasteiger partial charge in [-0.15, -0.1) is 0 Å². The molecule has 0 aliphatic heterocycles. The van der Waals surface area contributed by atoms with E-state index in [2.05, 4.69) is 15.3 Å². The average molecular weight is 260 g/mol. The van der Waals surface area contributed by atoms with Gasteiger partial charge in [-0.1, -0.05) is 12.1 Å². The van der Waals surface area contributed by atoms with Crippen molar-refractivity contribution < 1.29 is 4.39 Å². The van der Waals surface area contributed by atoms with Crippen LogP contribution in [0.4, 0.5) is 10.3 Å². The lowest BCUT2D eigenvalue weighted by atomic mass is 10.1. The van der Waals surface area contributed by atoms with Gasteiger partial charge in [0, 0.05) is 24.0 Å². The number of anilines is 1. The van der Waals surface area contributed by atoms with Crippen molar-refractivity contribution in [3.63, 3.8) is 0 Å². The van der Waals surface area contributed by atoms with E-state index in [4.69, 9.17) is 5.73 Å². The van der Waals surface area contributed by atoms with E-state index in [9.17, 15) is 4.39 Å². The summed E-state index contributed by atoms with van der Waals surface area (Å²) in [7, 11) is 0. The first kappa shape index (κ1) is 13.4. The van der Waals surface area contributed by atoms with E-state index in [0.29, 0.717) is 12.5 Å². The molecule has 2 aromatic rings. The second-order valence-corrected chi connectivity index (χ2v) is 4.43. The van der Waals surface area contributed by atoms with Gasteiger partial charge in [-0.2, -0.15) is 0 Å². The standard InChI is InChI=1S/C14H17FN4/c1-10(5-6-16)19-14-17-8-12(9-18-14)11-3-2-4-13(15)7-11/h2-4,7-10H,5-6,16H2,1H3,(H,17,18,19). The number of hydrogen-bond donors (Lipinski definition) is 2. The van der Waals surface area contributed by atoms with Gasteiger partial charge < -0.3 is 11.1 Å². The van der Waals surface area contributed by atoms with Gasteiger partial charge in [-0.3, -0.25) is 0 Å². The Bertz CT molecular complexity index is 527. The second kappa shape index (κ2) is 6.24. The molecule has 0 aliphatic carbocycles. The summed E-state index contributed by atoms with van der Waals surface area (Å²) >= 11 is 0. The summed E-state index contributed by atoms with van der Waals surface area (Å²) in [5.41, 5.74) is 7.03. The fourth-order valence-electron chi connectivity index (χ4n) is 1.76. The summed E-state index contributed by atoms with van der Waals surface area (Å²) in [6.45, 7) is 2.65. The summed E-state index contributed by atoms with van der Waals surface area (Å²) in [6.07, 6.45) is 4.22. The van der Waals surface area contributed by atoms with Crippen LogP contribution in [-0.4, -0.2) is 22.6 Å². The first-order chi connectivity index (χ1) is 9.19. The third kappa shape index (κ3) is 3.72. The zero-order chi connectivity index (χ0) is 13.7. The third-order valence-corrected chi connectivity index (χ3v) is 2.78. The Balaban J connectivity index is 2.10. The van der Waals surface area contributed by atoms with Crippen LogP contribution in [0.5, 0.6) is 0 Å². The topological polar surface area (TPSA) is 63.8 Å². The highest BCUT2D eigenvalue weighted by Crippen LogP contribution is 2.19. The van der Waals surface area contributed by atoms with Gasteiger partial charge in [0.25, 0.3) is 0 Å². The second-order valence-electron chi connectivity index (χ2n) is 4.43. The number of halogens is 1. The van der Waals surface area contributed by atoms with Crippen molar-refractivity contribution in [1.29, 1.82) is 0 Å². The fourth-order valence-corrected chi connectivity index (χ4v) is 1.76. The first-order valence-electron chi connectivity index (χ1n) is 6.23. The Morgan fingerprint density at radius 1 is 1.26 bits per heavy atom. The molecule has 0 spiro atoms. The first-order valence-corrected chi connectivity index (χ1v) is 6.23. The molecule has 1 aromatic heterocycles. The van der Waals surface area contributed by atoms with E-state index in [0.717, 1.165) is 17.5 Å². The van der Waals surface area contributed by atoms with Gasteiger partial charge in [0.15, 0.2) is 0 Å². The Morgan fingerprint density at radius 2 is 2.00 bits per heavy atom. The van der Waals surface area contributed by atoms with E-state index in [1.807, 2.05) is 13.0 Å². The van der Waals surface area contributed by atoms with Gasteiger partial charge in [0.1, 0.15) is 5.82 Å². The minimum atomic E-state index is -0.267. The van der Waals surface area contributed by atoms with Crippen LogP contribution in [0, 0.1) is 5.82 Å². The van der Waals surface area contributed by atoms with Crippen molar-refractivity contribution in [2.75, 3.05) is 11.9 Å². The molecule has 100 valence electrons. The number of aromatic nitrogens is 2. The molecule has 0 aliphatic rings. The Morgan fingerprint density at radius 3 is 2.63 bits per heavy atom. The van der Waals surface area contributed by atoms with E-state index in [1.165, 1.54) is 12.1 Å². The zero-order valence-corrected chi connectivity index (χ0v) is 10.8. The average Bonchev–Trinajstić information content (AvgIpc) is 2.40. The lowest BCUT2D eigenvalue weighted by Crippen LogP contribution is -2.20. The Kier molecular flexibility index (Phi) is 4.41. The molecule has 0 bridgehead atoms. The number of rotatable bonds is 5. The van der Waals surface area contributed by atoms with Gasteiger partial charge in [-0.25, -0.2) is 14.4 Å². The lowest BCUT2D eigenvalue weighted by Gasteiger charge is -2.12. The summed E-state index contributed by atoms with van der Waals surface area (Å²) in [6, 6.07) is 6.59. The van der Waals surface area contributed by atoms with Crippen molar-refractivity contribution in [3.05, 3.63) is 42.5 Å². The van der Waals surface area contributed by atoms with Gasteiger partial charge in [0.05, 0.1) is 0 Å². The molecule has 2 rings (SSSR count). The molecule has 3 N–H and O–H groups in total. The number of hydrogen-bond acceptors (Lipinski definition) is 4. The zero-order valence-electron chi connectivity index (χ0n) is 10.8.